The summed E-state index contributed by atoms with van der Waals surface area (Å²) in [5, 5.41) is 0. The van der Waals surface area contributed by atoms with Crippen LogP contribution in [0.2, 0.25) is 0 Å². The van der Waals surface area contributed by atoms with Crippen LogP contribution in [-0.2, 0) is 29.3 Å². The Morgan fingerprint density at radius 1 is 0.476 bits per heavy atom. The number of nitrogens with zero attached hydrogens (tertiary/aromatic N) is 2. The minimum Gasteiger partial charge on any atom is -0.493 e. The van der Waals surface area contributed by atoms with Crippen LogP contribution in [0.15, 0.2) is 59.7 Å². The maximum Gasteiger partial charge on any atom is 0.211 e. The van der Waals surface area contributed by atoms with Gasteiger partial charge in [0.15, 0.2) is 0 Å². The van der Waals surface area contributed by atoms with E-state index < -0.39 is 0 Å². The molecule has 2 aromatic carbocycles. The predicted molar refractivity (Wildman–Crippen MR) is 179 cm³/mol. The summed E-state index contributed by atoms with van der Waals surface area (Å²) in [6.07, 6.45) is 23.2. The summed E-state index contributed by atoms with van der Waals surface area (Å²) in [5.74, 6) is 0. The molecule has 0 saturated heterocycles. The van der Waals surface area contributed by atoms with Crippen LogP contribution in [0.4, 0.5) is 0 Å². The summed E-state index contributed by atoms with van der Waals surface area (Å²) < 4.78 is 1.57. The van der Waals surface area contributed by atoms with Crippen LogP contribution in [0, 0.1) is 0 Å². The number of rotatable bonds is 21. The number of hydrogen-bond acceptors (Lipinski definition) is 0. The summed E-state index contributed by atoms with van der Waals surface area (Å²) in [4.78, 5) is 0. The number of aryl methyl sites for hydroxylation is 2. The van der Waals surface area contributed by atoms with E-state index >= 15 is 0 Å². The van der Waals surface area contributed by atoms with Gasteiger partial charge in [0.1, 0.15) is 0 Å². The van der Waals surface area contributed by atoms with E-state index in [-0.39, 0.29) is 16.5 Å². The van der Waals surface area contributed by atoms with E-state index in [1.165, 1.54) is 111 Å². The van der Waals surface area contributed by atoms with Crippen LogP contribution in [0.3, 0.4) is 0 Å². The van der Waals surface area contributed by atoms with Gasteiger partial charge in [0, 0.05) is 38.8 Å². The molecule has 0 bridgehead atoms. The molecule has 234 valence electrons. The first-order valence-electron chi connectivity index (χ1n) is 17.3. The standard InChI is InChI=1S/C39H58N2.Ni/c1-5-9-13-15-16-19-26-37-36(25-12-8-4)39(35-24-20-23-33(31-35)22-18-14-10-6-2)41(40)38(37)34-29-27-32(28-30-34)21-17-11-7-3;/h20,23-24,27-31H,5-19,21-22,25-26H2,1-4H3;. The Balaban J connectivity index is 0.00000616. The molecule has 2 aromatic rings. The maximum atomic E-state index is 12.0. The Bertz CT molecular complexity index is 1130. The fourth-order valence-electron chi connectivity index (χ4n) is 6.26. The van der Waals surface area contributed by atoms with Crippen molar-refractivity contribution in [2.24, 2.45) is 0 Å². The number of unbranched alkanes of at least 4 members (excludes halogenated alkanes) is 11. The zero-order valence-electron chi connectivity index (χ0n) is 27.3. The number of hydrogen-bond donors (Lipinski definition) is 0. The van der Waals surface area contributed by atoms with E-state index in [0.29, 0.717) is 0 Å². The molecule has 1 heterocycles. The Labute approximate surface area is 268 Å². The molecule has 0 aliphatic carbocycles. The van der Waals surface area contributed by atoms with E-state index in [4.69, 9.17) is 0 Å². The van der Waals surface area contributed by atoms with Gasteiger partial charge in [-0.15, -0.1) is 0 Å². The normalized spacial score (nSPS) is 13.3. The Morgan fingerprint density at radius 3 is 1.62 bits per heavy atom. The molecular weight excluding hydrogens is 555 g/mol. The van der Waals surface area contributed by atoms with Crippen molar-refractivity contribution in [2.75, 3.05) is 0 Å². The monoisotopic (exact) mass is 612 g/mol. The van der Waals surface area contributed by atoms with Gasteiger partial charge in [-0.1, -0.05) is 123 Å². The van der Waals surface area contributed by atoms with Gasteiger partial charge < -0.3 is 5.53 Å². The molecular formula is C39H58N2Ni. The van der Waals surface area contributed by atoms with E-state index in [1.807, 2.05) is 0 Å². The van der Waals surface area contributed by atoms with Gasteiger partial charge in [0.05, 0.1) is 0 Å². The Morgan fingerprint density at radius 2 is 0.952 bits per heavy atom. The zero-order valence-corrected chi connectivity index (χ0v) is 28.3. The van der Waals surface area contributed by atoms with Gasteiger partial charge in [-0.05, 0) is 86.8 Å². The van der Waals surface area contributed by atoms with Gasteiger partial charge in [-0.2, -0.15) is 0 Å². The fraction of sp³-hybridized carbons (Fsp3) is 0.590. The fourth-order valence-corrected chi connectivity index (χ4v) is 6.26. The molecule has 0 radical (unpaired) electrons. The molecule has 1 aliphatic rings. The molecule has 0 amide bonds. The van der Waals surface area contributed by atoms with Crippen LogP contribution >= 0.6 is 0 Å². The van der Waals surface area contributed by atoms with Crippen LogP contribution in [0.5, 0.6) is 0 Å². The first-order valence-corrected chi connectivity index (χ1v) is 17.3. The van der Waals surface area contributed by atoms with Crippen LogP contribution in [0.1, 0.15) is 159 Å². The predicted octanol–water partition coefficient (Wildman–Crippen LogP) is 12.7. The van der Waals surface area contributed by atoms with Crippen LogP contribution < -0.4 is 0 Å². The molecule has 0 fully saturated rings. The van der Waals surface area contributed by atoms with Crippen LogP contribution in [-0.4, -0.2) is 4.70 Å². The van der Waals surface area contributed by atoms with Crippen molar-refractivity contribution in [3.63, 3.8) is 0 Å². The van der Waals surface area contributed by atoms with E-state index in [1.54, 1.807) is 4.70 Å². The average molecular weight is 614 g/mol. The van der Waals surface area contributed by atoms with Crippen molar-refractivity contribution in [1.82, 2.24) is 0 Å². The van der Waals surface area contributed by atoms with Gasteiger partial charge in [-0.3, -0.25) is 0 Å². The van der Waals surface area contributed by atoms with Crippen LogP contribution in [0.25, 0.3) is 16.9 Å². The molecule has 0 unspecified atom stereocenters. The largest absolute Gasteiger partial charge is 0.493 e. The van der Waals surface area contributed by atoms with E-state index in [2.05, 4.69) is 76.2 Å². The van der Waals surface area contributed by atoms with Crippen molar-refractivity contribution in [2.45, 2.75) is 150 Å². The zero-order chi connectivity index (χ0) is 29.3. The summed E-state index contributed by atoms with van der Waals surface area (Å²) >= 11 is 0. The van der Waals surface area contributed by atoms with Gasteiger partial charge in [-0.25, -0.2) is 4.70 Å². The minimum absolute atomic E-state index is 0. The second-order valence-corrected chi connectivity index (χ2v) is 12.3. The van der Waals surface area contributed by atoms with Crippen molar-refractivity contribution in [3.05, 3.63) is 87.5 Å². The summed E-state index contributed by atoms with van der Waals surface area (Å²) in [7, 11) is 0. The van der Waals surface area contributed by atoms with Gasteiger partial charge in [0.2, 0.25) is 11.4 Å². The second-order valence-electron chi connectivity index (χ2n) is 12.3. The van der Waals surface area contributed by atoms with Gasteiger partial charge >= 0.3 is 0 Å². The molecule has 0 spiro atoms. The topological polar surface area (TPSA) is 25.3 Å². The Kier molecular flexibility index (Phi) is 18.0. The summed E-state index contributed by atoms with van der Waals surface area (Å²) in [6.45, 7) is 9.10. The maximum absolute atomic E-state index is 12.0. The first kappa shape index (κ1) is 36.2. The second kappa shape index (κ2) is 20.8. The van der Waals surface area contributed by atoms with Gasteiger partial charge in [0.25, 0.3) is 0 Å². The van der Waals surface area contributed by atoms with Crippen molar-refractivity contribution < 1.29 is 21.2 Å². The molecule has 0 atom stereocenters. The van der Waals surface area contributed by atoms with Crippen molar-refractivity contribution >= 4 is 11.4 Å². The van der Waals surface area contributed by atoms with Crippen molar-refractivity contribution in [1.29, 1.82) is 0 Å². The molecule has 1 aliphatic heterocycles. The molecule has 42 heavy (non-hydrogen) atoms. The molecule has 3 rings (SSSR count). The molecule has 0 N–H and O–H groups in total. The summed E-state index contributed by atoms with van der Waals surface area (Å²) in [6, 6.07) is 18.1. The molecule has 3 heteroatoms. The average Bonchev–Trinajstić information content (AvgIpc) is 3.27. The third-order valence-corrected chi connectivity index (χ3v) is 8.74. The number of allylic oxidation sites excluding steroid dienone is 2. The van der Waals surface area contributed by atoms with Crippen molar-refractivity contribution in [3.8, 4) is 0 Å². The molecule has 2 nitrogen and oxygen atoms in total. The third-order valence-electron chi connectivity index (χ3n) is 8.74. The molecule has 0 saturated carbocycles. The first-order chi connectivity index (χ1) is 20.1. The van der Waals surface area contributed by atoms with E-state index in [9.17, 15) is 5.53 Å². The quantitative estimate of drug-likeness (QED) is 0.0761. The smallest absolute Gasteiger partial charge is 0.211 e. The SMILES string of the molecule is CCCCCCCCC1=C(c2ccc(CCCCC)cc2)[N+](=[N-])C(c2cccc(CCCCCC)c2)=C1CCCC.[Ni]. The Hall–Kier alpha value is -1.99. The third kappa shape index (κ3) is 10.9. The minimum atomic E-state index is 0. The number of benzene rings is 2. The molecule has 0 aromatic heterocycles. The summed E-state index contributed by atoms with van der Waals surface area (Å²) in [5.41, 5.74) is 21.9. The van der Waals surface area contributed by atoms with E-state index in [0.717, 1.165) is 55.5 Å².